The largest absolute Gasteiger partial charge is 0.368 e. The summed E-state index contributed by atoms with van der Waals surface area (Å²) in [6.45, 7) is 7.47. The molecule has 148 valence electrons. The number of rotatable bonds is 7. The van der Waals surface area contributed by atoms with Crippen molar-refractivity contribution in [2.45, 2.75) is 33.1 Å². The Morgan fingerprint density at radius 1 is 0.857 bits per heavy atom. The molecule has 0 unspecified atom stereocenters. The fourth-order valence-corrected chi connectivity index (χ4v) is 3.67. The molecule has 2 aromatic rings. The van der Waals surface area contributed by atoms with Gasteiger partial charge in [0, 0.05) is 50.3 Å². The first kappa shape index (κ1) is 20.1. The van der Waals surface area contributed by atoms with Crippen LogP contribution in [0.5, 0.6) is 0 Å². The van der Waals surface area contributed by atoms with E-state index in [1.54, 1.807) is 0 Å². The van der Waals surface area contributed by atoms with Gasteiger partial charge in [-0.05, 0) is 30.0 Å². The fourth-order valence-electron chi connectivity index (χ4n) is 3.67. The van der Waals surface area contributed by atoms with Gasteiger partial charge < -0.3 is 9.80 Å². The molecule has 1 fully saturated rings. The standard InChI is InChI=1S/C24H30N2O2/c1-19(2)18-20-8-10-21(11-9-20)23(27)12-13-24(28)26-16-14-25(15-17-26)22-6-4-3-5-7-22/h3-11,19H,12-18H2,1-2H3. The second kappa shape index (κ2) is 9.54. The number of ketones is 1. The van der Waals surface area contributed by atoms with Gasteiger partial charge in [0.15, 0.2) is 5.78 Å². The van der Waals surface area contributed by atoms with Gasteiger partial charge in [-0.2, -0.15) is 0 Å². The van der Waals surface area contributed by atoms with Crippen molar-refractivity contribution in [3.05, 3.63) is 65.7 Å². The van der Waals surface area contributed by atoms with Gasteiger partial charge >= 0.3 is 0 Å². The van der Waals surface area contributed by atoms with E-state index in [4.69, 9.17) is 0 Å². The van der Waals surface area contributed by atoms with E-state index in [2.05, 4.69) is 30.9 Å². The first-order valence-corrected chi connectivity index (χ1v) is 10.2. The SMILES string of the molecule is CC(C)Cc1ccc(C(=O)CCC(=O)N2CCN(c3ccccc3)CC2)cc1. The molecule has 0 spiro atoms. The van der Waals surface area contributed by atoms with Crippen LogP contribution in [-0.4, -0.2) is 42.8 Å². The van der Waals surface area contributed by atoms with Gasteiger partial charge in [0.05, 0.1) is 0 Å². The molecule has 1 saturated heterocycles. The molecular formula is C24H30N2O2. The van der Waals surface area contributed by atoms with Gasteiger partial charge in [-0.25, -0.2) is 0 Å². The van der Waals surface area contributed by atoms with E-state index < -0.39 is 0 Å². The van der Waals surface area contributed by atoms with Crippen molar-refractivity contribution in [3.8, 4) is 0 Å². The number of hydrogen-bond donors (Lipinski definition) is 0. The van der Waals surface area contributed by atoms with Gasteiger partial charge in [-0.15, -0.1) is 0 Å². The molecule has 0 aromatic heterocycles. The highest BCUT2D eigenvalue weighted by Crippen LogP contribution is 2.17. The van der Waals surface area contributed by atoms with Crippen molar-refractivity contribution < 1.29 is 9.59 Å². The van der Waals surface area contributed by atoms with Gasteiger partial charge in [0.1, 0.15) is 0 Å². The average molecular weight is 379 g/mol. The van der Waals surface area contributed by atoms with Crippen LogP contribution < -0.4 is 4.90 Å². The molecule has 4 heteroatoms. The molecule has 1 amide bonds. The lowest BCUT2D eigenvalue weighted by atomic mass is 9.99. The van der Waals surface area contributed by atoms with Gasteiger partial charge in [-0.1, -0.05) is 56.3 Å². The summed E-state index contributed by atoms with van der Waals surface area (Å²) in [5.41, 5.74) is 3.15. The second-order valence-electron chi connectivity index (χ2n) is 7.92. The molecule has 1 aliphatic heterocycles. The van der Waals surface area contributed by atoms with Crippen LogP contribution in [0, 0.1) is 5.92 Å². The maximum Gasteiger partial charge on any atom is 0.223 e. The van der Waals surface area contributed by atoms with Crippen LogP contribution in [0.2, 0.25) is 0 Å². The molecule has 4 nitrogen and oxygen atoms in total. The summed E-state index contributed by atoms with van der Waals surface area (Å²) in [6.07, 6.45) is 1.58. The Balaban J connectivity index is 1.44. The Kier molecular flexibility index (Phi) is 6.85. The van der Waals surface area contributed by atoms with Crippen molar-refractivity contribution in [1.82, 2.24) is 4.90 Å². The minimum atomic E-state index is 0.0485. The Morgan fingerprint density at radius 2 is 1.50 bits per heavy atom. The third kappa shape index (κ3) is 5.44. The predicted octanol–water partition coefficient (Wildman–Crippen LogP) is 4.20. The number of Topliss-reactive ketones (excluding diaryl/α,β-unsaturated/α-hetero) is 1. The van der Waals surface area contributed by atoms with Crippen molar-refractivity contribution in [1.29, 1.82) is 0 Å². The quantitative estimate of drug-likeness (QED) is 0.678. The van der Waals surface area contributed by atoms with Gasteiger partial charge in [0.2, 0.25) is 5.91 Å². The van der Waals surface area contributed by atoms with Crippen LogP contribution in [0.1, 0.15) is 42.6 Å². The molecular weight excluding hydrogens is 348 g/mol. The summed E-state index contributed by atoms with van der Waals surface area (Å²) in [5.74, 6) is 0.728. The lowest BCUT2D eigenvalue weighted by Gasteiger charge is -2.36. The number of carbonyl (C=O) groups excluding carboxylic acids is 2. The maximum atomic E-state index is 12.5. The molecule has 28 heavy (non-hydrogen) atoms. The topological polar surface area (TPSA) is 40.6 Å². The minimum Gasteiger partial charge on any atom is -0.368 e. The van der Waals surface area contributed by atoms with Crippen LogP contribution >= 0.6 is 0 Å². The summed E-state index contributed by atoms with van der Waals surface area (Å²) in [5, 5.41) is 0. The molecule has 0 aliphatic carbocycles. The van der Waals surface area contributed by atoms with Gasteiger partial charge in [-0.3, -0.25) is 9.59 Å². The summed E-state index contributed by atoms with van der Waals surface area (Å²) in [6, 6.07) is 18.1. The predicted molar refractivity (Wildman–Crippen MR) is 114 cm³/mol. The number of nitrogens with zero attached hydrogens (tertiary/aromatic N) is 2. The summed E-state index contributed by atoms with van der Waals surface area (Å²) in [4.78, 5) is 29.1. The van der Waals surface area contributed by atoms with E-state index in [9.17, 15) is 9.59 Å². The molecule has 0 bridgehead atoms. The Labute approximate surface area is 168 Å². The van der Waals surface area contributed by atoms with E-state index in [0.717, 1.165) is 19.5 Å². The summed E-state index contributed by atoms with van der Waals surface area (Å²) >= 11 is 0. The second-order valence-corrected chi connectivity index (χ2v) is 7.92. The molecule has 0 radical (unpaired) electrons. The maximum absolute atomic E-state index is 12.5. The number of amides is 1. The Bertz CT molecular complexity index is 776. The highest BCUT2D eigenvalue weighted by molar-refractivity contribution is 5.98. The van der Waals surface area contributed by atoms with E-state index in [-0.39, 0.29) is 24.5 Å². The minimum absolute atomic E-state index is 0.0485. The Morgan fingerprint density at radius 3 is 2.11 bits per heavy atom. The lowest BCUT2D eigenvalue weighted by Crippen LogP contribution is -2.48. The number of para-hydroxylation sites is 1. The van der Waals surface area contributed by atoms with E-state index in [1.165, 1.54) is 11.3 Å². The van der Waals surface area contributed by atoms with E-state index >= 15 is 0 Å². The highest BCUT2D eigenvalue weighted by atomic mass is 16.2. The van der Waals surface area contributed by atoms with Crippen molar-refractivity contribution in [2.24, 2.45) is 5.92 Å². The molecule has 0 N–H and O–H groups in total. The van der Waals surface area contributed by atoms with Crippen LogP contribution in [0.4, 0.5) is 5.69 Å². The molecule has 0 atom stereocenters. The average Bonchev–Trinajstić information content (AvgIpc) is 2.72. The third-order valence-electron chi connectivity index (χ3n) is 5.24. The normalized spacial score (nSPS) is 14.4. The van der Waals surface area contributed by atoms with Crippen LogP contribution in [-0.2, 0) is 11.2 Å². The van der Waals surface area contributed by atoms with Crippen molar-refractivity contribution in [2.75, 3.05) is 31.1 Å². The van der Waals surface area contributed by atoms with Crippen LogP contribution in [0.15, 0.2) is 54.6 Å². The third-order valence-corrected chi connectivity index (χ3v) is 5.24. The fraction of sp³-hybridized carbons (Fsp3) is 0.417. The smallest absolute Gasteiger partial charge is 0.223 e. The number of benzene rings is 2. The van der Waals surface area contributed by atoms with Crippen LogP contribution in [0.3, 0.4) is 0 Å². The zero-order valence-electron chi connectivity index (χ0n) is 16.9. The van der Waals surface area contributed by atoms with Gasteiger partial charge in [0.25, 0.3) is 0 Å². The zero-order valence-corrected chi connectivity index (χ0v) is 16.9. The zero-order chi connectivity index (χ0) is 19.9. The molecule has 1 heterocycles. The monoisotopic (exact) mass is 378 g/mol. The van der Waals surface area contributed by atoms with E-state index in [0.29, 0.717) is 24.6 Å². The first-order chi connectivity index (χ1) is 13.5. The van der Waals surface area contributed by atoms with E-state index in [1.807, 2.05) is 47.4 Å². The highest BCUT2D eigenvalue weighted by Gasteiger charge is 2.21. The Hall–Kier alpha value is -2.62. The summed E-state index contributed by atoms with van der Waals surface area (Å²) < 4.78 is 0. The molecule has 0 saturated carbocycles. The molecule has 1 aliphatic rings. The molecule has 3 rings (SSSR count). The van der Waals surface area contributed by atoms with Crippen LogP contribution in [0.25, 0.3) is 0 Å². The molecule has 2 aromatic carbocycles. The summed E-state index contributed by atoms with van der Waals surface area (Å²) in [7, 11) is 0. The number of carbonyl (C=O) groups is 2. The number of anilines is 1. The van der Waals surface area contributed by atoms with Crippen molar-refractivity contribution >= 4 is 17.4 Å². The number of piperazine rings is 1. The first-order valence-electron chi connectivity index (χ1n) is 10.2. The lowest BCUT2D eigenvalue weighted by molar-refractivity contribution is -0.131. The van der Waals surface area contributed by atoms with Crippen molar-refractivity contribution in [3.63, 3.8) is 0 Å². The number of hydrogen-bond acceptors (Lipinski definition) is 3.